The number of hydrogen-bond donors (Lipinski definition) is 4. The van der Waals surface area contributed by atoms with Gasteiger partial charge in [0.15, 0.2) is 0 Å². The average Bonchev–Trinajstić information content (AvgIpc) is 3.63. The van der Waals surface area contributed by atoms with Gasteiger partial charge in [0.25, 0.3) is 11.8 Å². The van der Waals surface area contributed by atoms with E-state index in [1.807, 2.05) is 53.6 Å². The highest BCUT2D eigenvalue weighted by atomic mass is 16.5. The minimum absolute atomic E-state index is 0.00807. The van der Waals surface area contributed by atoms with Crippen molar-refractivity contribution in [2.75, 3.05) is 6.54 Å². The van der Waals surface area contributed by atoms with Crippen LogP contribution in [0, 0.1) is 0 Å². The fourth-order valence-corrected chi connectivity index (χ4v) is 4.85. The molecule has 0 spiro atoms. The van der Waals surface area contributed by atoms with Crippen LogP contribution in [0.25, 0.3) is 17.0 Å². The first-order valence-corrected chi connectivity index (χ1v) is 11.4. The lowest BCUT2D eigenvalue weighted by atomic mass is 10.0. The molecule has 0 aliphatic heterocycles. The highest BCUT2D eigenvalue weighted by Crippen LogP contribution is 2.37. The summed E-state index contributed by atoms with van der Waals surface area (Å²) in [5.74, 6) is -0.579. The third-order valence-electron chi connectivity index (χ3n) is 6.51. The number of fused-ring (bicyclic) bond motifs is 2. The average molecular weight is 455 g/mol. The largest absolute Gasteiger partial charge is 0.361 e. The summed E-state index contributed by atoms with van der Waals surface area (Å²) in [5.41, 5.74) is 7.67. The maximum Gasteiger partial charge on any atom is 0.270 e. The summed E-state index contributed by atoms with van der Waals surface area (Å²) in [5, 5.41) is 9.86. The standard InChI is InChI=1S/C27H26N4O3/c32-26(30-34)12-8-18-7-10-22-19(16-18)9-11-25(22)31(27(33)24-6-3-14-28-24)15-13-20-17-29-23-5-2-1-4-21(20)23/h1-8,10,12,14,16-17,25,28-29,34H,9,11,13,15H2,(H,30,32). The van der Waals surface area contributed by atoms with Crippen LogP contribution in [-0.2, 0) is 17.6 Å². The molecular weight excluding hydrogens is 428 g/mol. The number of aromatic nitrogens is 2. The van der Waals surface area contributed by atoms with Crippen molar-refractivity contribution < 1.29 is 14.8 Å². The summed E-state index contributed by atoms with van der Waals surface area (Å²) < 4.78 is 0. The molecule has 4 N–H and O–H groups in total. The number of hydroxylamine groups is 1. The number of aryl methyl sites for hydroxylation is 1. The zero-order valence-electron chi connectivity index (χ0n) is 18.6. The van der Waals surface area contributed by atoms with Gasteiger partial charge in [0, 0.05) is 35.9 Å². The molecule has 1 atom stereocenters. The summed E-state index contributed by atoms with van der Waals surface area (Å²) in [7, 11) is 0. The molecule has 0 fully saturated rings. The summed E-state index contributed by atoms with van der Waals surface area (Å²) in [6.45, 7) is 0.599. The van der Waals surface area contributed by atoms with Gasteiger partial charge in [0.05, 0.1) is 6.04 Å². The third-order valence-corrected chi connectivity index (χ3v) is 6.51. The van der Waals surface area contributed by atoms with Gasteiger partial charge in [0.2, 0.25) is 0 Å². The molecule has 2 amide bonds. The van der Waals surface area contributed by atoms with Crippen molar-refractivity contribution in [3.05, 3.63) is 101 Å². The molecule has 1 unspecified atom stereocenters. The fourth-order valence-electron chi connectivity index (χ4n) is 4.85. The number of carbonyl (C=O) groups excluding carboxylic acids is 2. The minimum Gasteiger partial charge on any atom is -0.361 e. The lowest BCUT2D eigenvalue weighted by molar-refractivity contribution is -0.124. The second-order valence-corrected chi connectivity index (χ2v) is 8.51. The molecular formula is C27H26N4O3. The van der Waals surface area contributed by atoms with Gasteiger partial charge >= 0.3 is 0 Å². The molecule has 7 heteroatoms. The molecule has 2 aromatic heterocycles. The fraction of sp³-hybridized carbons (Fsp3) is 0.185. The summed E-state index contributed by atoms with van der Waals surface area (Å²) in [6, 6.07) is 17.9. The van der Waals surface area contributed by atoms with Gasteiger partial charge in [-0.05, 0) is 65.8 Å². The topological polar surface area (TPSA) is 101 Å². The maximum atomic E-state index is 13.5. The Balaban J connectivity index is 1.42. The van der Waals surface area contributed by atoms with Gasteiger partial charge in [-0.2, -0.15) is 0 Å². The van der Waals surface area contributed by atoms with E-state index in [9.17, 15) is 9.59 Å². The predicted octanol–water partition coefficient (Wildman–Crippen LogP) is 4.39. The zero-order valence-corrected chi connectivity index (χ0v) is 18.6. The van der Waals surface area contributed by atoms with E-state index in [1.165, 1.54) is 22.6 Å². The van der Waals surface area contributed by atoms with Crippen molar-refractivity contribution in [1.82, 2.24) is 20.3 Å². The van der Waals surface area contributed by atoms with E-state index in [2.05, 4.69) is 22.1 Å². The summed E-state index contributed by atoms with van der Waals surface area (Å²) in [4.78, 5) is 33.2. The molecule has 5 rings (SSSR count). The van der Waals surface area contributed by atoms with Gasteiger partial charge < -0.3 is 14.9 Å². The molecule has 7 nitrogen and oxygen atoms in total. The summed E-state index contributed by atoms with van der Waals surface area (Å²) in [6.07, 6.45) is 9.21. The number of nitrogens with zero attached hydrogens (tertiary/aromatic N) is 1. The van der Waals surface area contributed by atoms with E-state index in [-0.39, 0.29) is 11.9 Å². The van der Waals surface area contributed by atoms with E-state index in [0.717, 1.165) is 35.9 Å². The molecule has 0 radical (unpaired) electrons. The Morgan fingerprint density at radius 3 is 2.82 bits per heavy atom. The van der Waals surface area contributed by atoms with Crippen molar-refractivity contribution in [3.8, 4) is 0 Å². The van der Waals surface area contributed by atoms with Gasteiger partial charge in [-0.15, -0.1) is 0 Å². The third kappa shape index (κ3) is 4.25. The smallest absolute Gasteiger partial charge is 0.270 e. The van der Waals surface area contributed by atoms with E-state index in [4.69, 9.17) is 5.21 Å². The van der Waals surface area contributed by atoms with Crippen molar-refractivity contribution >= 4 is 28.8 Å². The molecule has 34 heavy (non-hydrogen) atoms. The quantitative estimate of drug-likeness (QED) is 0.189. The Hall–Kier alpha value is -4.10. The van der Waals surface area contributed by atoms with Crippen LogP contribution in [0.4, 0.5) is 0 Å². The highest BCUT2D eigenvalue weighted by Gasteiger charge is 2.32. The molecule has 2 heterocycles. The zero-order chi connectivity index (χ0) is 23.5. The second kappa shape index (κ2) is 9.41. The van der Waals surface area contributed by atoms with E-state index in [1.54, 1.807) is 17.8 Å². The van der Waals surface area contributed by atoms with Crippen LogP contribution in [-0.4, -0.2) is 38.4 Å². The first-order chi connectivity index (χ1) is 16.6. The van der Waals surface area contributed by atoms with E-state index in [0.29, 0.717) is 12.2 Å². The monoisotopic (exact) mass is 454 g/mol. The normalized spacial score (nSPS) is 15.0. The number of rotatable bonds is 7. The number of carbonyl (C=O) groups is 2. The first-order valence-electron chi connectivity index (χ1n) is 11.4. The van der Waals surface area contributed by atoms with Gasteiger partial charge in [-0.3, -0.25) is 14.8 Å². The van der Waals surface area contributed by atoms with Gasteiger partial charge in [-0.1, -0.05) is 36.4 Å². The lowest BCUT2D eigenvalue weighted by Crippen LogP contribution is -2.36. The minimum atomic E-state index is -0.571. The predicted molar refractivity (Wildman–Crippen MR) is 130 cm³/mol. The molecule has 0 saturated carbocycles. The van der Waals surface area contributed by atoms with Crippen molar-refractivity contribution in [2.24, 2.45) is 0 Å². The molecule has 0 saturated heterocycles. The van der Waals surface area contributed by atoms with Crippen molar-refractivity contribution in [2.45, 2.75) is 25.3 Å². The molecule has 172 valence electrons. The molecule has 0 bridgehead atoms. The lowest BCUT2D eigenvalue weighted by Gasteiger charge is -2.29. The number of benzene rings is 2. The van der Waals surface area contributed by atoms with Crippen LogP contribution in [0.1, 0.15) is 45.2 Å². The number of hydrogen-bond acceptors (Lipinski definition) is 3. The number of nitrogens with one attached hydrogen (secondary N) is 3. The molecule has 1 aliphatic rings. The Kier molecular flexibility index (Phi) is 6.01. The van der Waals surface area contributed by atoms with Crippen molar-refractivity contribution in [1.29, 1.82) is 0 Å². The molecule has 4 aromatic rings. The summed E-state index contributed by atoms with van der Waals surface area (Å²) >= 11 is 0. The van der Waals surface area contributed by atoms with E-state index >= 15 is 0 Å². The maximum absolute atomic E-state index is 13.5. The number of H-pyrrole nitrogens is 2. The number of para-hydroxylation sites is 1. The molecule has 2 aromatic carbocycles. The number of amides is 2. The van der Waals surface area contributed by atoms with Crippen LogP contribution in [0.5, 0.6) is 0 Å². The van der Waals surface area contributed by atoms with Crippen LogP contribution in [0.15, 0.2) is 73.1 Å². The van der Waals surface area contributed by atoms with Crippen LogP contribution < -0.4 is 5.48 Å². The van der Waals surface area contributed by atoms with Crippen LogP contribution >= 0.6 is 0 Å². The number of aromatic amines is 2. The first kappa shape index (κ1) is 21.7. The molecule has 1 aliphatic carbocycles. The second-order valence-electron chi connectivity index (χ2n) is 8.51. The van der Waals surface area contributed by atoms with Crippen LogP contribution in [0.3, 0.4) is 0 Å². The van der Waals surface area contributed by atoms with Crippen LogP contribution in [0.2, 0.25) is 0 Å². The van der Waals surface area contributed by atoms with Crippen molar-refractivity contribution in [3.63, 3.8) is 0 Å². The highest BCUT2D eigenvalue weighted by molar-refractivity contribution is 5.93. The van der Waals surface area contributed by atoms with Gasteiger partial charge in [0.1, 0.15) is 5.69 Å². The van der Waals surface area contributed by atoms with Gasteiger partial charge in [-0.25, -0.2) is 5.48 Å². The SMILES string of the molecule is O=C(C=Cc1ccc2c(c1)CCC2N(CCc1c[nH]c2ccccc12)C(=O)c1ccc[nH]1)NO. The Bertz CT molecular complexity index is 1350. The Morgan fingerprint density at radius 1 is 1.12 bits per heavy atom. The Morgan fingerprint density at radius 2 is 2.00 bits per heavy atom. The van der Waals surface area contributed by atoms with E-state index < -0.39 is 5.91 Å². The Labute approximate surface area is 197 Å².